The molecule has 4 aliphatic carbocycles. The van der Waals surface area contributed by atoms with Crippen LogP contribution in [-0.4, -0.2) is 24.5 Å². The third-order valence-electron chi connectivity index (χ3n) is 7.14. The van der Waals surface area contributed by atoms with Crippen LogP contribution in [0.15, 0.2) is 0 Å². The van der Waals surface area contributed by atoms with E-state index in [0.29, 0.717) is 11.8 Å². The lowest BCUT2D eigenvalue weighted by atomic mass is 9.53. The molecule has 5 aliphatic rings. The molecule has 1 heterocycles. The molecule has 3 nitrogen and oxygen atoms in total. The van der Waals surface area contributed by atoms with Gasteiger partial charge in [-0.1, -0.05) is 6.92 Å². The molecule has 0 spiro atoms. The van der Waals surface area contributed by atoms with Gasteiger partial charge in [-0.25, -0.2) is 0 Å². The predicted octanol–water partition coefficient (Wildman–Crippen LogP) is 3.52. The van der Waals surface area contributed by atoms with Crippen LogP contribution in [0.1, 0.15) is 64.7 Å². The van der Waals surface area contributed by atoms with Crippen molar-refractivity contribution in [3.8, 4) is 0 Å². The molecule has 5 fully saturated rings. The summed E-state index contributed by atoms with van der Waals surface area (Å²) in [5.74, 6) is 4.35. The van der Waals surface area contributed by atoms with Crippen LogP contribution in [0.3, 0.4) is 0 Å². The third kappa shape index (κ3) is 3.71. The van der Waals surface area contributed by atoms with Gasteiger partial charge in [0, 0.05) is 12.0 Å². The molecule has 23 heavy (non-hydrogen) atoms. The Morgan fingerprint density at radius 3 is 2.13 bits per heavy atom. The third-order valence-corrected chi connectivity index (χ3v) is 7.14. The molecule has 0 aromatic carbocycles. The first-order valence-corrected chi connectivity index (χ1v) is 9.64. The van der Waals surface area contributed by atoms with Crippen LogP contribution < -0.4 is 10.6 Å². The van der Waals surface area contributed by atoms with Crippen molar-refractivity contribution in [1.29, 1.82) is 0 Å². The first-order valence-electron chi connectivity index (χ1n) is 9.64. The summed E-state index contributed by atoms with van der Waals surface area (Å²) >= 11 is 0. The van der Waals surface area contributed by atoms with Crippen molar-refractivity contribution in [2.75, 3.05) is 13.1 Å². The van der Waals surface area contributed by atoms with E-state index in [1.165, 1.54) is 51.4 Å². The molecule has 1 saturated heterocycles. The fraction of sp³-hybridized carbons (Fsp3) is 0.947. The number of amides is 1. The van der Waals surface area contributed by atoms with Crippen molar-refractivity contribution in [3.05, 3.63) is 0 Å². The fourth-order valence-electron chi connectivity index (χ4n) is 6.48. The van der Waals surface area contributed by atoms with Gasteiger partial charge in [0.2, 0.25) is 5.91 Å². The number of piperidine rings is 1. The summed E-state index contributed by atoms with van der Waals surface area (Å²) in [6, 6.07) is 0. The Bertz CT molecular complexity index is 398. The maximum Gasteiger partial charge on any atom is 0.220 e. The Kier molecular flexibility index (Phi) is 5.27. The largest absolute Gasteiger partial charge is 0.351 e. The molecule has 0 radical (unpaired) electrons. The number of hydrogen-bond donors (Lipinski definition) is 2. The van der Waals surface area contributed by atoms with Gasteiger partial charge in [-0.15, -0.1) is 12.4 Å². The molecule has 132 valence electrons. The van der Waals surface area contributed by atoms with E-state index in [4.69, 9.17) is 0 Å². The molecule has 0 aromatic rings. The summed E-state index contributed by atoms with van der Waals surface area (Å²) in [4.78, 5) is 12.7. The number of halogens is 1. The highest BCUT2D eigenvalue weighted by atomic mass is 35.5. The SMILES string of the molecule is CC(CC(=O)NC12CC3CC(CC(C3)C1)C2)C1CCNCC1.Cl. The molecule has 4 heteroatoms. The number of carbonyl (C=O) groups is 1. The van der Waals surface area contributed by atoms with E-state index in [0.717, 1.165) is 43.2 Å². The first-order chi connectivity index (χ1) is 10.6. The highest BCUT2D eigenvalue weighted by Gasteiger charge is 2.51. The van der Waals surface area contributed by atoms with Gasteiger partial charge in [0.1, 0.15) is 0 Å². The normalized spacial score (nSPS) is 40.5. The highest BCUT2D eigenvalue weighted by molar-refractivity contribution is 5.85. The quantitative estimate of drug-likeness (QED) is 0.822. The summed E-state index contributed by atoms with van der Waals surface area (Å²) in [5, 5.41) is 6.97. The monoisotopic (exact) mass is 340 g/mol. The Morgan fingerprint density at radius 2 is 1.61 bits per heavy atom. The Hall–Kier alpha value is -0.280. The molecular weight excluding hydrogens is 308 g/mol. The number of rotatable bonds is 4. The van der Waals surface area contributed by atoms with Crippen LogP contribution in [0.5, 0.6) is 0 Å². The van der Waals surface area contributed by atoms with Gasteiger partial charge < -0.3 is 10.6 Å². The molecule has 5 rings (SSSR count). The summed E-state index contributed by atoms with van der Waals surface area (Å²) in [5.41, 5.74) is 0.194. The minimum atomic E-state index is 0. The molecule has 2 N–H and O–H groups in total. The molecule has 4 bridgehead atoms. The molecule has 1 unspecified atom stereocenters. The minimum Gasteiger partial charge on any atom is -0.351 e. The van der Waals surface area contributed by atoms with E-state index in [-0.39, 0.29) is 17.9 Å². The van der Waals surface area contributed by atoms with Gasteiger partial charge in [0.15, 0.2) is 0 Å². The van der Waals surface area contributed by atoms with Gasteiger partial charge in [-0.3, -0.25) is 4.79 Å². The standard InChI is InChI=1S/C19H32N2O.ClH/c1-13(17-2-4-20-5-3-17)6-18(22)21-19-10-14-7-15(11-19)9-16(8-14)12-19;/h13-17,20H,2-12H2,1H3,(H,21,22);1H. The van der Waals surface area contributed by atoms with Gasteiger partial charge in [0.05, 0.1) is 0 Å². The Balaban J connectivity index is 0.00000156. The summed E-state index contributed by atoms with van der Waals surface area (Å²) in [7, 11) is 0. The second kappa shape index (κ2) is 6.92. The molecule has 4 saturated carbocycles. The van der Waals surface area contributed by atoms with Crippen LogP contribution >= 0.6 is 12.4 Å². The second-order valence-electron chi connectivity index (χ2n) is 9.01. The summed E-state index contributed by atoms with van der Waals surface area (Å²) in [6.45, 7) is 4.55. The van der Waals surface area contributed by atoms with E-state index < -0.39 is 0 Å². The summed E-state index contributed by atoms with van der Waals surface area (Å²) < 4.78 is 0. The molecule has 0 aromatic heterocycles. The average Bonchev–Trinajstić information content (AvgIpc) is 2.45. The highest BCUT2D eigenvalue weighted by Crippen LogP contribution is 2.55. The van der Waals surface area contributed by atoms with Crippen molar-refractivity contribution in [2.45, 2.75) is 70.3 Å². The topological polar surface area (TPSA) is 41.1 Å². The lowest BCUT2D eigenvalue weighted by Crippen LogP contribution is -2.60. The Labute approximate surface area is 147 Å². The molecule has 1 amide bonds. The lowest BCUT2D eigenvalue weighted by molar-refractivity contribution is -0.128. The predicted molar refractivity (Wildman–Crippen MR) is 95.7 cm³/mol. The molecular formula is C19H33ClN2O. The van der Waals surface area contributed by atoms with Crippen molar-refractivity contribution in [2.24, 2.45) is 29.6 Å². The zero-order valence-corrected chi connectivity index (χ0v) is 15.3. The fourth-order valence-corrected chi connectivity index (χ4v) is 6.48. The van der Waals surface area contributed by atoms with Crippen molar-refractivity contribution in [3.63, 3.8) is 0 Å². The number of nitrogens with one attached hydrogen (secondary N) is 2. The van der Waals surface area contributed by atoms with Crippen molar-refractivity contribution in [1.82, 2.24) is 10.6 Å². The maximum atomic E-state index is 12.7. The van der Waals surface area contributed by atoms with Crippen LogP contribution in [0.2, 0.25) is 0 Å². The van der Waals surface area contributed by atoms with Gasteiger partial charge in [-0.05, 0) is 94.0 Å². The molecule has 1 aliphatic heterocycles. The van der Waals surface area contributed by atoms with E-state index in [9.17, 15) is 4.79 Å². The van der Waals surface area contributed by atoms with Gasteiger partial charge in [-0.2, -0.15) is 0 Å². The van der Waals surface area contributed by atoms with E-state index in [2.05, 4.69) is 17.6 Å². The van der Waals surface area contributed by atoms with Gasteiger partial charge in [0.25, 0.3) is 0 Å². The Morgan fingerprint density at radius 1 is 1.09 bits per heavy atom. The minimum absolute atomic E-state index is 0. The van der Waals surface area contributed by atoms with E-state index in [1.54, 1.807) is 0 Å². The lowest BCUT2D eigenvalue weighted by Gasteiger charge is -2.57. The van der Waals surface area contributed by atoms with Crippen LogP contribution in [0.25, 0.3) is 0 Å². The average molecular weight is 341 g/mol. The van der Waals surface area contributed by atoms with Crippen LogP contribution in [0, 0.1) is 29.6 Å². The maximum absolute atomic E-state index is 12.7. The van der Waals surface area contributed by atoms with Crippen LogP contribution in [0.4, 0.5) is 0 Å². The van der Waals surface area contributed by atoms with Gasteiger partial charge >= 0.3 is 0 Å². The number of hydrogen-bond acceptors (Lipinski definition) is 2. The van der Waals surface area contributed by atoms with Crippen molar-refractivity contribution < 1.29 is 4.79 Å². The smallest absolute Gasteiger partial charge is 0.220 e. The zero-order chi connectivity index (χ0) is 15.2. The molecule has 1 atom stereocenters. The van der Waals surface area contributed by atoms with Crippen molar-refractivity contribution >= 4 is 18.3 Å². The first kappa shape index (κ1) is 17.5. The van der Waals surface area contributed by atoms with E-state index in [1.807, 2.05) is 0 Å². The van der Waals surface area contributed by atoms with Crippen LogP contribution in [-0.2, 0) is 4.79 Å². The zero-order valence-electron chi connectivity index (χ0n) is 14.5. The van der Waals surface area contributed by atoms with E-state index >= 15 is 0 Å². The second-order valence-corrected chi connectivity index (χ2v) is 9.01. The summed E-state index contributed by atoms with van der Waals surface area (Å²) in [6.07, 6.45) is 11.4. The number of carbonyl (C=O) groups excluding carboxylic acids is 1.